The number of aromatic nitrogens is 1. The monoisotopic (exact) mass is 492 g/mol. The minimum atomic E-state index is -0.637. The van der Waals surface area contributed by atoms with Gasteiger partial charge < -0.3 is 20.9 Å². The van der Waals surface area contributed by atoms with E-state index in [9.17, 15) is 9.59 Å². The van der Waals surface area contributed by atoms with Crippen molar-refractivity contribution in [2.75, 3.05) is 48.7 Å². The van der Waals surface area contributed by atoms with Crippen LogP contribution < -0.4 is 16.0 Å². The second-order valence-electron chi connectivity index (χ2n) is 10.4. The number of nitrogen functional groups attached to an aromatic ring is 1. The molecular weight excluding hydrogens is 452 g/mol. The van der Waals surface area contributed by atoms with Crippen molar-refractivity contribution in [1.82, 2.24) is 14.8 Å². The molecule has 3 N–H and O–H groups in total. The molecule has 3 heterocycles. The van der Waals surface area contributed by atoms with Gasteiger partial charge >= 0.3 is 11.8 Å². The number of rotatable bonds is 5. The Morgan fingerprint density at radius 1 is 1.11 bits per heavy atom. The summed E-state index contributed by atoms with van der Waals surface area (Å²) in [5, 5.41) is 2.73. The number of carbonyl (C=O) groups is 2. The highest BCUT2D eigenvalue weighted by atomic mass is 16.2. The Balaban J connectivity index is 1.45. The molecule has 8 nitrogen and oxygen atoms in total. The Kier molecular flexibility index (Phi) is 8.14. The van der Waals surface area contributed by atoms with E-state index in [-0.39, 0.29) is 6.04 Å². The minimum absolute atomic E-state index is 0.109. The van der Waals surface area contributed by atoms with Crippen molar-refractivity contribution < 1.29 is 9.59 Å². The van der Waals surface area contributed by atoms with Crippen LogP contribution in [0.25, 0.3) is 0 Å². The molecule has 2 aromatic rings. The van der Waals surface area contributed by atoms with Gasteiger partial charge in [0.2, 0.25) is 0 Å². The number of benzene rings is 1. The normalized spacial score (nSPS) is 21.0. The standard InChI is InChI=1S/C28H40N6O2/c1-5-21-16-23(17-30-26(21)29)31-27(35)28(36)34-18-20(4)6-11-25(34)22-7-9-24(10-8-22)33-14-12-32(13-15-33)19(2)3/h7-10,16-17,19-20,25H,5-6,11-15,18H2,1-4H3,(H2,29,30)(H,31,35)/t20-,25+/m1/s1. The maximum atomic E-state index is 13.3. The van der Waals surface area contributed by atoms with E-state index in [1.165, 1.54) is 11.9 Å². The molecule has 2 fully saturated rings. The van der Waals surface area contributed by atoms with Crippen LogP contribution in [-0.2, 0) is 16.0 Å². The average Bonchev–Trinajstić information content (AvgIpc) is 2.89. The predicted octanol–water partition coefficient (Wildman–Crippen LogP) is 3.69. The molecule has 2 atom stereocenters. The zero-order valence-corrected chi connectivity index (χ0v) is 22.0. The van der Waals surface area contributed by atoms with Crippen molar-refractivity contribution in [2.24, 2.45) is 5.92 Å². The third kappa shape index (κ3) is 5.81. The summed E-state index contributed by atoms with van der Waals surface area (Å²) in [6.07, 6.45) is 4.06. The second-order valence-corrected chi connectivity index (χ2v) is 10.4. The molecule has 1 aromatic heterocycles. The quantitative estimate of drug-likeness (QED) is 0.618. The zero-order chi connectivity index (χ0) is 25.8. The molecule has 2 aliphatic rings. The van der Waals surface area contributed by atoms with Gasteiger partial charge in [0.25, 0.3) is 0 Å². The third-order valence-electron chi connectivity index (χ3n) is 7.60. The smallest absolute Gasteiger partial charge is 0.313 e. The summed E-state index contributed by atoms with van der Waals surface area (Å²) in [6, 6.07) is 10.8. The van der Waals surface area contributed by atoms with E-state index in [2.05, 4.69) is 65.1 Å². The molecular formula is C28H40N6O2. The van der Waals surface area contributed by atoms with Crippen LogP contribution in [0.3, 0.4) is 0 Å². The molecule has 0 saturated carbocycles. The third-order valence-corrected chi connectivity index (χ3v) is 7.60. The van der Waals surface area contributed by atoms with Crippen molar-refractivity contribution in [1.29, 1.82) is 0 Å². The van der Waals surface area contributed by atoms with E-state index in [1.54, 1.807) is 11.0 Å². The lowest BCUT2D eigenvalue weighted by Gasteiger charge is -2.39. The van der Waals surface area contributed by atoms with Crippen molar-refractivity contribution in [2.45, 2.75) is 59.0 Å². The van der Waals surface area contributed by atoms with Gasteiger partial charge in [-0.25, -0.2) is 4.98 Å². The van der Waals surface area contributed by atoms with Crippen molar-refractivity contribution in [3.8, 4) is 0 Å². The molecule has 4 rings (SSSR count). The summed E-state index contributed by atoms with van der Waals surface area (Å²) in [4.78, 5) is 37.1. The van der Waals surface area contributed by atoms with Gasteiger partial charge in [0, 0.05) is 44.5 Å². The number of piperazine rings is 1. The van der Waals surface area contributed by atoms with Crippen molar-refractivity contribution in [3.63, 3.8) is 0 Å². The first kappa shape index (κ1) is 25.9. The number of piperidine rings is 1. The fourth-order valence-corrected chi connectivity index (χ4v) is 5.31. The Bertz CT molecular complexity index is 1060. The fraction of sp³-hybridized carbons (Fsp3) is 0.536. The number of nitrogens with zero attached hydrogens (tertiary/aromatic N) is 4. The molecule has 0 unspecified atom stereocenters. The van der Waals surface area contributed by atoms with Gasteiger partial charge in [0.15, 0.2) is 0 Å². The Morgan fingerprint density at radius 3 is 2.44 bits per heavy atom. The van der Waals surface area contributed by atoms with E-state index in [1.807, 2.05) is 6.92 Å². The lowest BCUT2D eigenvalue weighted by Crippen LogP contribution is -2.49. The first-order chi connectivity index (χ1) is 17.3. The minimum Gasteiger partial charge on any atom is -0.383 e. The molecule has 0 aliphatic carbocycles. The maximum Gasteiger partial charge on any atom is 0.313 e. The number of hydrogen-bond donors (Lipinski definition) is 2. The highest BCUT2D eigenvalue weighted by Crippen LogP contribution is 2.34. The van der Waals surface area contributed by atoms with Gasteiger partial charge in [-0.3, -0.25) is 14.5 Å². The van der Waals surface area contributed by atoms with Gasteiger partial charge in [-0.15, -0.1) is 0 Å². The van der Waals surface area contributed by atoms with Crippen LogP contribution in [0.4, 0.5) is 17.2 Å². The molecule has 2 aliphatic heterocycles. The van der Waals surface area contributed by atoms with E-state index >= 15 is 0 Å². The van der Waals surface area contributed by atoms with Crippen LogP contribution in [0.2, 0.25) is 0 Å². The highest BCUT2D eigenvalue weighted by molar-refractivity contribution is 6.39. The average molecular weight is 493 g/mol. The van der Waals surface area contributed by atoms with Crippen LogP contribution in [0, 0.1) is 5.92 Å². The lowest BCUT2D eigenvalue weighted by molar-refractivity contribution is -0.146. The summed E-state index contributed by atoms with van der Waals surface area (Å²) >= 11 is 0. The Labute approximate surface area is 214 Å². The Morgan fingerprint density at radius 2 is 1.81 bits per heavy atom. The summed E-state index contributed by atoms with van der Waals surface area (Å²) in [6.45, 7) is 13.3. The van der Waals surface area contributed by atoms with Crippen LogP contribution in [0.5, 0.6) is 0 Å². The number of nitrogens with two attached hydrogens (primary N) is 1. The second kappa shape index (κ2) is 11.3. The van der Waals surface area contributed by atoms with Crippen molar-refractivity contribution >= 4 is 29.0 Å². The molecule has 194 valence electrons. The topological polar surface area (TPSA) is 94.8 Å². The van der Waals surface area contributed by atoms with Crippen LogP contribution in [0.15, 0.2) is 36.5 Å². The summed E-state index contributed by atoms with van der Waals surface area (Å²) in [7, 11) is 0. The first-order valence-electron chi connectivity index (χ1n) is 13.2. The number of amides is 2. The van der Waals surface area contributed by atoms with Gasteiger partial charge in [0.1, 0.15) is 5.82 Å². The first-order valence-corrected chi connectivity index (χ1v) is 13.2. The molecule has 1 aromatic carbocycles. The molecule has 2 saturated heterocycles. The van der Waals surface area contributed by atoms with Gasteiger partial charge in [-0.1, -0.05) is 26.0 Å². The number of nitrogens with one attached hydrogen (secondary N) is 1. The number of likely N-dealkylation sites (tertiary alicyclic amines) is 1. The van der Waals surface area contributed by atoms with Gasteiger partial charge in [-0.05, 0) is 68.4 Å². The van der Waals surface area contributed by atoms with Crippen LogP contribution >= 0.6 is 0 Å². The molecule has 8 heteroatoms. The van der Waals surface area contributed by atoms with Gasteiger partial charge in [0.05, 0.1) is 17.9 Å². The molecule has 0 radical (unpaired) electrons. The SMILES string of the molecule is CCc1cc(NC(=O)C(=O)N2C[C@H](C)CC[C@H]2c2ccc(N3CCN(C(C)C)CC3)cc2)cnc1N. The number of carbonyl (C=O) groups excluding carboxylic acids is 2. The van der Waals surface area contributed by atoms with E-state index in [4.69, 9.17) is 5.73 Å². The van der Waals surface area contributed by atoms with Gasteiger partial charge in [-0.2, -0.15) is 0 Å². The summed E-state index contributed by atoms with van der Waals surface area (Å²) in [5.74, 6) is -0.353. The van der Waals surface area contributed by atoms with Crippen LogP contribution in [-0.4, -0.2) is 65.4 Å². The fourth-order valence-electron chi connectivity index (χ4n) is 5.31. The van der Waals surface area contributed by atoms with Crippen LogP contribution in [0.1, 0.15) is 57.7 Å². The molecule has 0 bridgehead atoms. The van der Waals surface area contributed by atoms with Crippen molar-refractivity contribution in [3.05, 3.63) is 47.7 Å². The van der Waals surface area contributed by atoms with E-state index < -0.39 is 11.8 Å². The largest absolute Gasteiger partial charge is 0.383 e. The number of anilines is 3. The molecule has 2 amide bonds. The maximum absolute atomic E-state index is 13.3. The summed E-state index contributed by atoms with van der Waals surface area (Å²) < 4.78 is 0. The summed E-state index contributed by atoms with van der Waals surface area (Å²) in [5.41, 5.74) is 9.50. The molecule has 0 spiro atoms. The Hall–Kier alpha value is -3.13. The lowest BCUT2D eigenvalue weighted by atomic mass is 9.89. The van der Waals surface area contributed by atoms with E-state index in [0.29, 0.717) is 36.4 Å². The number of pyridine rings is 1. The zero-order valence-electron chi connectivity index (χ0n) is 22.0. The molecule has 36 heavy (non-hydrogen) atoms. The number of hydrogen-bond acceptors (Lipinski definition) is 6. The predicted molar refractivity (Wildman–Crippen MR) is 145 cm³/mol. The number of aryl methyl sites for hydroxylation is 1. The highest BCUT2D eigenvalue weighted by Gasteiger charge is 2.34. The van der Waals surface area contributed by atoms with E-state index in [0.717, 1.165) is 50.1 Å².